The number of esters is 1. The Hall–Kier alpha value is -3.26. The van der Waals surface area contributed by atoms with E-state index < -0.39 is 23.8 Å². The average Bonchev–Trinajstić information content (AvgIpc) is 2.84. The van der Waals surface area contributed by atoms with Crippen molar-refractivity contribution in [3.05, 3.63) is 59.1 Å². The summed E-state index contributed by atoms with van der Waals surface area (Å²) in [5.74, 6) is -0.732. The lowest BCUT2D eigenvalue weighted by atomic mass is 9.91. The molecule has 9 heteroatoms. The van der Waals surface area contributed by atoms with Crippen LogP contribution in [0.1, 0.15) is 18.5 Å². The van der Waals surface area contributed by atoms with Gasteiger partial charge in [-0.15, -0.1) is 0 Å². The number of benzene rings is 2. The van der Waals surface area contributed by atoms with Gasteiger partial charge in [0.2, 0.25) is 11.9 Å². The van der Waals surface area contributed by atoms with Gasteiger partial charge in [-0.1, -0.05) is 23.7 Å². The topological polar surface area (TPSA) is 83.5 Å². The predicted molar refractivity (Wildman–Crippen MR) is 127 cm³/mol. The largest absolute Gasteiger partial charge is 0.497 e. The fourth-order valence-electron chi connectivity index (χ4n) is 4.09. The summed E-state index contributed by atoms with van der Waals surface area (Å²) in [4.78, 5) is 34.7. The van der Waals surface area contributed by atoms with Crippen molar-refractivity contribution in [2.75, 3.05) is 44.8 Å². The van der Waals surface area contributed by atoms with Gasteiger partial charge in [0.15, 0.2) is 5.92 Å². The van der Waals surface area contributed by atoms with Crippen LogP contribution in [0.3, 0.4) is 0 Å². The van der Waals surface area contributed by atoms with Crippen LogP contribution in [0.4, 0.5) is 5.69 Å². The van der Waals surface area contributed by atoms with Gasteiger partial charge in [-0.05, 0) is 48.9 Å². The predicted octanol–water partition coefficient (Wildman–Crippen LogP) is 2.88. The van der Waals surface area contributed by atoms with Crippen LogP contribution in [-0.4, -0.2) is 62.6 Å². The molecule has 0 unspecified atom stereocenters. The minimum Gasteiger partial charge on any atom is -0.497 e. The number of methoxy groups -OCH3 is 1. The maximum Gasteiger partial charge on any atom is 0.321 e. The zero-order chi connectivity index (χ0) is 23.4. The number of aliphatic imine (C=N–C) groups is 1. The van der Waals surface area contributed by atoms with E-state index in [1.165, 1.54) is 0 Å². The number of amides is 1. The van der Waals surface area contributed by atoms with Gasteiger partial charge in [-0.25, -0.2) is 4.99 Å². The lowest BCUT2D eigenvalue weighted by Crippen LogP contribution is -2.57. The minimum absolute atomic E-state index is 0.194. The lowest BCUT2D eigenvalue weighted by Gasteiger charge is -2.39. The van der Waals surface area contributed by atoms with Crippen LogP contribution in [0.5, 0.6) is 5.75 Å². The Morgan fingerprint density at radius 1 is 1.06 bits per heavy atom. The Bertz CT molecular complexity index is 1020. The monoisotopic (exact) mass is 470 g/mol. The number of hydrogen-bond acceptors (Lipinski definition) is 7. The first kappa shape index (κ1) is 22.9. The second-order valence-corrected chi connectivity index (χ2v) is 8.28. The number of guanidine groups is 1. The van der Waals surface area contributed by atoms with E-state index in [1.54, 1.807) is 38.3 Å². The molecule has 0 aromatic heterocycles. The summed E-state index contributed by atoms with van der Waals surface area (Å²) in [7, 11) is 1.65. The normalized spacial score (nSPS) is 20.7. The fourth-order valence-corrected chi connectivity index (χ4v) is 4.22. The number of anilines is 1. The van der Waals surface area contributed by atoms with Crippen molar-refractivity contribution in [1.29, 1.82) is 0 Å². The van der Waals surface area contributed by atoms with Gasteiger partial charge >= 0.3 is 5.97 Å². The van der Waals surface area contributed by atoms with Crippen molar-refractivity contribution in [3.8, 4) is 5.75 Å². The first-order valence-corrected chi connectivity index (χ1v) is 11.3. The van der Waals surface area contributed by atoms with E-state index >= 15 is 0 Å². The summed E-state index contributed by atoms with van der Waals surface area (Å²) in [6.45, 7) is 4.82. The molecule has 0 spiro atoms. The number of carbonyl (C=O) groups excluding carboxylic acids is 2. The van der Waals surface area contributed by atoms with E-state index in [4.69, 9.17) is 26.1 Å². The molecule has 1 N–H and O–H groups in total. The molecular formula is C24H27ClN4O4. The summed E-state index contributed by atoms with van der Waals surface area (Å²) < 4.78 is 10.4. The molecule has 0 bridgehead atoms. The van der Waals surface area contributed by atoms with Crippen LogP contribution >= 0.6 is 11.6 Å². The van der Waals surface area contributed by atoms with Gasteiger partial charge < -0.3 is 19.3 Å². The van der Waals surface area contributed by atoms with E-state index in [2.05, 4.69) is 10.2 Å². The second-order valence-electron chi connectivity index (χ2n) is 7.84. The minimum atomic E-state index is -1.05. The Morgan fingerprint density at radius 3 is 2.30 bits per heavy atom. The molecule has 0 saturated carbocycles. The quantitative estimate of drug-likeness (QED) is 0.534. The number of ether oxygens (including phenoxy) is 2. The van der Waals surface area contributed by atoms with Gasteiger partial charge in [0.1, 0.15) is 11.8 Å². The van der Waals surface area contributed by atoms with E-state index in [1.807, 2.05) is 29.2 Å². The van der Waals surface area contributed by atoms with Crippen molar-refractivity contribution in [1.82, 2.24) is 10.2 Å². The zero-order valence-electron chi connectivity index (χ0n) is 18.7. The van der Waals surface area contributed by atoms with Crippen molar-refractivity contribution in [2.45, 2.75) is 13.0 Å². The summed E-state index contributed by atoms with van der Waals surface area (Å²) in [5, 5.41) is 3.41. The maximum atomic E-state index is 13.0. The smallest absolute Gasteiger partial charge is 0.321 e. The number of carbonyl (C=O) groups is 2. The zero-order valence-corrected chi connectivity index (χ0v) is 19.4. The molecule has 174 valence electrons. The fraction of sp³-hybridized carbons (Fsp3) is 0.375. The molecule has 2 aliphatic heterocycles. The van der Waals surface area contributed by atoms with Crippen LogP contribution in [0, 0.1) is 5.92 Å². The number of nitrogens with one attached hydrogen (secondary N) is 1. The molecule has 2 aromatic carbocycles. The first-order chi connectivity index (χ1) is 16.0. The second kappa shape index (κ2) is 10.1. The summed E-state index contributed by atoms with van der Waals surface area (Å²) >= 11 is 6.03. The van der Waals surface area contributed by atoms with Crippen molar-refractivity contribution in [3.63, 3.8) is 0 Å². The molecule has 1 saturated heterocycles. The molecule has 1 fully saturated rings. The molecular weight excluding hydrogens is 444 g/mol. The van der Waals surface area contributed by atoms with Crippen molar-refractivity contribution >= 4 is 35.1 Å². The number of halogens is 1. The molecule has 33 heavy (non-hydrogen) atoms. The molecule has 0 aliphatic carbocycles. The van der Waals surface area contributed by atoms with E-state index in [9.17, 15) is 9.59 Å². The highest BCUT2D eigenvalue weighted by atomic mass is 35.5. The number of piperazine rings is 1. The summed E-state index contributed by atoms with van der Waals surface area (Å²) in [6.07, 6.45) is 0. The Morgan fingerprint density at radius 2 is 1.70 bits per heavy atom. The third-order valence-corrected chi connectivity index (χ3v) is 6.12. The van der Waals surface area contributed by atoms with Crippen LogP contribution in [-0.2, 0) is 14.3 Å². The molecule has 4 rings (SSSR count). The van der Waals surface area contributed by atoms with Gasteiger partial charge in [-0.2, -0.15) is 0 Å². The Labute approximate surface area is 198 Å². The first-order valence-electron chi connectivity index (χ1n) is 10.9. The maximum absolute atomic E-state index is 13.0. The van der Waals surface area contributed by atoms with Crippen LogP contribution < -0.4 is 15.0 Å². The Kier molecular flexibility index (Phi) is 7.03. The molecule has 2 atom stereocenters. The summed E-state index contributed by atoms with van der Waals surface area (Å²) in [6, 6.07) is 14.3. The molecule has 2 heterocycles. The highest BCUT2D eigenvalue weighted by molar-refractivity contribution is 6.30. The lowest BCUT2D eigenvalue weighted by molar-refractivity contribution is -0.153. The van der Waals surface area contributed by atoms with Gasteiger partial charge in [0.05, 0.1) is 13.7 Å². The summed E-state index contributed by atoms with van der Waals surface area (Å²) in [5.41, 5.74) is 1.85. The van der Waals surface area contributed by atoms with Gasteiger partial charge in [0, 0.05) is 36.9 Å². The molecule has 8 nitrogen and oxygen atoms in total. The molecule has 2 aliphatic rings. The van der Waals surface area contributed by atoms with E-state index in [-0.39, 0.29) is 6.61 Å². The molecule has 1 amide bonds. The number of hydrogen-bond donors (Lipinski definition) is 1. The van der Waals surface area contributed by atoms with Gasteiger partial charge in [-0.3, -0.25) is 14.9 Å². The van der Waals surface area contributed by atoms with E-state index in [0.29, 0.717) is 24.1 Å². The standard InChI is InChI=1S/C24H27ClN4O4/c1-3-33-23(31)20-21(16-4-6-17(25)7-5-16)26-24(27-22(20)30)29-14-12-28(13-15-29)18-8-10-19(32-2)11-9-18/h4-11,20-21H,3,12-15H2,1-2H3,(H,26,27,30)/t20-,21+/m1/s1. The number of nitrogens with zero attached hydrogens (tertiary/aromatic N) is 3. The van der Waals surface area contributed by atoms with Gasteiger partial charge in [0.25, 0.3) is 0 Å². The highest BCUT2D eigenvalue weighted by Gasteiger charge is 2.42. The van der Waals surface area contributed by atoms with Crippen LogP contribution in [0.2, 0.25) is 5.02 Å². The van der Waals surface area contributed by atoms with Crippen LogP contribution in [0.25, 0.3) is 0 Å². The van der Waals surface area contributed by atoms with Crippen molar-refractivity contribution in [2.24, 2.45) is 10.9 Å². The molecule has 2 aromatic rings. The Balaban J connectivity index is 1.53. The van der Waals surface area contributed by atoms with E-state index in [0.717, 1.165) is 30.1 Å². The molecule has 0 radical (unpaired) electrons. The average molecular weight is 471 g/mol. The highest BCUT2D eigenvalue weighted by Crippen LogP contribution is 2.32. The van der Waals surface area contributed by atoms with Crippen molar-refractivity contribution < 1.29 is 19.1 Å². The SMILES string of the molecule is CCOC(=O)[C@H]1C(=O)NC(N2CCN(c3ccc(OC)cc3)CC2)=N[C@H]1c1ccc(Cl)cc1. The third-order valence-electron chi connectivity index (χ3n) is 5.86. The third kappa shape index (κ3) is 5.06. The van der Waals surface area contributed by atoms with Crippen LogP contribution in [0.15, 0.2) is 53.5 Å². The number of rotatable bonds is 5.